The van der Waals surface area contributed by atoms with E-state index in [1.54, 1.807) is 6.33 Å². The van der Waals surface area contributed by atoms with Gasteiger partial charge in [-0.1, -0.05) is 6.07 Å². The van der Waals surface area contributed by atoms with Crippen LogP contribution in [-0.4, -0.2) is 20.3 Å². The van der Waals surface area contributed by atoms with Crippen LogP contribution in [0.2, 0.25) is 0 Å². The molecular formula is C14H18F2N4. The third-order valence-electron chi connectivity index (χ3n) is 2.71. The van der Waals surface area contributed by atoms with E-state index in [9.17, 15) is 8.78 Å². The molecule has 1 N–H and O–H groups in total. The van der Waals surface area contributed by atoms with Gasteiger partial charge < -0.3 is 5.32 Å². The smallest absolute Gasteiger partial charge is 0.164 e. The summed E-state index contributed by atoms with van der Waals surface area (Å²) in [5, 5.41) is 7.53. The molecule has 0 spiro atoms. The van der Waals surface area contributed by atoms with Gasteiger partial charge in [-0.25, -0.2) is 18.4 Å². The molecular weight excluding hydrogens is 262 g/mol. The van der Waals surface area contributed by atoms with Crippen LogP contribution < -0.4 is 5.32 Å². The van der Waals surface area contributed by atoms with E-state index in [2.05, 4.69) is 36.2 Å². The molecule has 0 saturated carbocycles. The summed E-state index contributed by atoms with van der Waals surface area (Å²) in [6.07, 6.45) is 1.54. The molecule has 20 heavy (non-hydrogen) atoms. The van der Waals surface area contributed by atoms with Crippen LogP contribution in [0.15, 0.2) is 24.5 Å². The lowest BCUT2D eigenvalue weighted by Crippen LogP contribution is -2.35. The molecule has 0 fully saturated rings. The lowest BCUT2D eigenvalue weighted by Gasteiger charge is -2.19. The second-order valence-corrected chi connectivity index (χ2v) is 5.70. The summed E-state index contributed by atoms with van der Waals surface area (Å²) in [5.41, 5.74) is 0.362. The summed E-state index contributed by atoms with van der Waals surface area (Å²) < 4.78 is 27.9. The highest BCUT2D eigenvalue weighted by molar-refractivity contribution is 5.18. The lowest BCUT2D eigenvalue weighted by molar-refractivity contribution is 0.417. The van der Waals surface area contributed by atoms with Gasteiger partial charge in [-0.15, -0.1) is 0 Å². The molecule has 1 aromatic carbocycles. The first kappa shape index (κ1) is 14.6. The van der Waals surface area contributed by atoms with E-state index in [4.69, 9.17) is 0 Å². The maximum Gasteiger partial charge on any atom is 0.164 e. The Kier molecular flexibility index (Phi) is 4.13. The Morgan fingerprint density at radius 3 is 2.65 bits per heavy atom. The van der Waals surface area contributed by atoms with Crippen LogP contribution >= 0.6 is 0 Å². The second kappa shape index (κ2) is 5.66. The molecule has 4 nitrogen and oxygen atoms in total. The van der Waals surface area contributed by atoms with Crippen LogP contribution in [0.5, 0.6) is 0 Å². The average Bonchev–Trinajstić information content (AvgIpc) is 2.77. The normalized spacial score (nSPS) is 11.8. The van der Waals surface area contributed by atoms with Gasteiger partial charge in [0.15, 0.2) is 5.82 Å². The van der Waals surface area contributed by atoms with E-state index in [-0.39, 0.29) is 12.1 Å². The van der Waals surface area contributed by atoms with Crippen LogP contribution in [-0.2, 0) is 13.1 Å². The zero-order chi connectivity index (χ0) is 14.8. The van der Waals surface area contributed by atoms with Crippen molar-refractivity contribution in [2.24, 2.45) is 0 Å². The van der Waals surface area contributed by atoms with Crippen molar-refractivity contribution in [3.05, 3.63) is 47.5 Å². The summed E-state index contributed by atoms with van der Waals surface area (Å²) >= 11 is 0. The van der Waals surface area contributed by atoms with Gasteiger partial charge in [0.25, 0.3) is 0 Å². The van der Waals surface area contributed by atoms with Crippen molar-refractivity contribution in [3.8, 4) is 0 Å². The number of nitrogens with zero attached hydrogens (tertiary/aromatic N) is 3. The van der Waals surface area contributed by atoms with Crippen molar-refractivity contribution in [1.29, 1.82) is 0 Å². The number of rotatable bonds is 4. The van der Waals surface area contributed by atoms with E-state index >= 15 is 0 Å². The first-order chi connectivity index (χ1) is 9.33. The molecule has 1 heterocycles. The highest BCUT2D eigenvalue weighted by atomic mass is 19.1. The van der Waals surface area contributed by atoms with Crippen LogP contribution in [0.3, 0.4) is 0 Å². The van der Waals surface area contributed by atoms with E-state index < -0.39 is 11.6 Å². The Balaban J connectivity index is 2.02. The van der Waals surface area contributed by atoms with Gasteiger partial charge in [-0.05, 0) is 26.8 Å². The van der Waals surface area contributed by atoms with Crippen molar-refractivity contribution in [2.75, 3.05) is 0 Å². The Hall–Kier alpha value is -1.82. The number of halogens is 2. The zero-order valence-electron chi connectivity index (χ0n) is 11.8. The number of benzene rings is 1. The molecule has 0 aliphatic heterocycles. The fourth-order valence-electron chi connectivity index (χ4n) is 1.66. The molecule has 0 amide bonds. The summed E-state index contributed by atoms with van der Waals surface area (Å²) in [6.45, 7) is 6.94. The maximum atomic E-state index is 13.5. The van der Waals surface area contributed by atoms with Crippen molar-refractivity contribution in [3.63, 3.8) is 0 Å². The predicted molar refractivity (Wildman–Crippen MR) is 72.1 cm³/mol. The Labute approximate surface area is 116 Å². The molecule has 2 aromatic rings. The molecule has 0 unspecified atom stereocenters. The minimum atomic E-state index is -0.583. The van der Waals surface area contributed by atoms with Crippen LogP contribution in [0.4, 0.5) is 8.78 Å². The summed E-state index contributed by atoms with van der Waals surface area (Å²) in [6, 6.07) is 3.52. The molecule has 108 valence electrons. The first-order valence-corrected chi connectivity index (χ1v) is 6.41. The lowest BCUT2D eigenvalue weighted by atomic mass is 10.1. The van der Waals surface area contributed by atoms with Crippen LogP contribution in [0.1, 0.15) is 32.2 Å². The number of nitrogens with one attached hydrogen (secondary N) is 1. The fraction of sp³-hybridized carbons (Fsp3) is 0.429. The Bertz CT molecular complexity index is 587. The molecule has 0 saturated heterocycles. The Morgan fingerprint density at radius 2 is 2.00 bits per heavy atom. The highest BCUT2D eigenvalue weighted by Crippen LogP contribution is 2.10. The predicted octanol–water partition coefficient (Wildman–Crippen LogP) is 2.49. The minimum absolute atomic E-state index is 0.0193. The molecule has 6 heteroatoms. The largest absolute Gasteiger partial charge is 0.305 e. The number of aromatic nitrogens is 3. The molecule has 1 aromatic heterocycles. The maximum absolute atomic E-state index is 13.5. The molecule has 0 radical (unpaired) electrons. The second-order valence-electron chi connectivity index (χ2n) is 5.70. The highest BCUT2D eigenvalue weighted by Gasteiger charge is 2.11. The van der Waals surface area contributed by atoms with E-state index in [0.29, 0.717) is 17.9 Å². The van der Waals surface area contributed by atoms with Crippen molar-refractivity contribution < 1.29 is 8.78 Å². The molecule has 0 aliphatic rings. The molecule has 0 bridgehead atoms. The number of hydrogen-bond donors (Lipinski definition) is 1. The average molecular weight is 280 g/mol. The van der Waals surface area contributed by atoms with Gasteiger partial charge in [0.2, 0.25) is 0 Å². The molecule has 0 aliphatic carbocycles. The molecule has 2 rings (SSSR count). The third-order valence-corrected chi connectivity index (χ3v) is 2.71. The van der Waals surface area contributed by atoms with E-state index in [1.807, 2.05) is 0 Å². The van der Waals surface area contributed by atoms with Crippen LogP contribution in [0.25, 0.3) is 0 Å². The van der Waals surface area contributed by atoms with Crippen LogP contribution in [0, 0.1) is 11.6 Å². The van der Waals surface area contributed by atoms with Gasteiger partial charge in [0, 0.05) is 17.2 Å². The van der Waals surface area contributed by atoms with Gasteiger partial charge in [0.05, 0.1) is 13.1 Å². The van der Waals surface area contributed by atoms with Gasteiger partial charge in [-0.2, -0.15) is 5.10 Å². The third kappa shape index (κ3) is 4.09. The van der Waals surface area contributed by atoms with Crippen molar-refractivity contribution in [1.82, 2.24) is 20.1 Å². The van der Waals surface area contributed by atoms with E-state index in [0.717, 1.165) is 6.07 Å². The quantitative estimate of drug-likeness (QED) is 0.935. The monoisotopic (exact) mass is 280 g/mol. The summed E-state index contributed by atoms with van der Waals surface area (Å²) in [4.78, 5) is 4.16. The standard InChI is InChI=1S/C14H18F2N4/c1-14(2,3)18-7-13-17-9-20(19-13)8-10-4-5-11(15)6-12(10)16/h4-6,9,18H,7-8H2,1-3H3. The summed E-state index contributed by atoms with van der Waals surface area (Å²) in [5.74, 6) is -0.516. The van der Waals surface area contributed by atoms with Gasteiger partial charge in [-0.3, -0.25) is 0 Å². The topological polar surface area (TPSA) is 42.7 Å². The zero-order valence-corrected chi connectivity index (χ0v) is 11.8. The fourth-order valence-corrected chi connectivity index (χ4v) is 1.66. The van der Waals surface area contributed by atoms with Crippen molar-refractivity contribution in [2.45, 2.75) is 39.4 Å². The number of hydrogen-bond acceptors (Lipinski definition) is 3. The van der Waals surface area contributed by atoms with Gasteiger partial charge in [0.1, 0.15) is 18.0 Å². The Morgan fingerprint density at radius 1 is 1.25 bits per heavy atom. The van der Waals surface area contributed by atoms with Gasteiger partial charge >= 0.3 is 0 Å². The van der Waals surface area contributed by atoms with E-state index in [1.165, 1.54) is 16.8 Å². The van der Waals surface area contributed by atoms with Crippen molar-refractivity contribution >= 4 is 0 Å². The summed E-state index contributed by atoms with van der Waals surface area (Å²) in [7, 11) is 0. The molecule has 0 atom stereocenters. The SMILES string of the molecule is CC(C)(C)NCc1ncn(Cc2ccc(F)cc2F)n1. The first-order valence-electron chi connectivity index (χ1n) is 6.41. The minimum Gasteiger partial charge on any atom is -0.305 e.